The number of hydrogen-bond donors (Lipinski definition) is 0. The van der Waals surface area contributed by atoms with Crippen LogP contribution in [0.25, 0.3) is 0 Å². The standard InChI is InChI=1S/C28H32F3N3O3/c29-28(30,31)23-6-5-20-7-10-33(27(36)26(20)13-23)17-25(35)12-22-16-34(24-8-11-37-18-24)15-21(22)4-3-19-2-1-9-32-14-19/h1-2,5-6,9,13-14,21-22,24H,3-4,7-8,10-12,15-18H2/t21-,22?,24?/m0/s1. The van der Waals surface area contributed by atoms with E-state index in [1.807, 2.05) is 12.3 Å². The zero-order valence-electron chi connectivity index (χ0n) is 20.8. The maximum absolute atomic E-state index is 13.2. The summed E-state index contributed by atoms with van der Waals surface area (Å²) in [5, 5.41) is 0. The smallest absolute Gasteiger partial charge is 0.380 e. The predicted octanol–water partition coefficient (Wildman–Crippen LogP) is 4.03. The highest BCUT2D eigenvalue weighted by Crippen LogP contribution is 2.34. The lowest BCUT2D eigenvalue weighted by Crippen LogP contribution is -2.41. The lowest BCUT2D eigenvalue weighted by Gasteiger charge is -2.29. The normalized spacial score (nSPS) is 24.5. The number of nitrogens with zero attached hydrogens (tertiary/aromatic N) is 3. The number of ketones is 1. The van der Waals surface area contributed by atoms with E-state index in [1.165, 1.54) is 16.5 Å². The Bertz CT molecular complexity index is 1120. The van der Waals surface area contributed by atoms with E-state index in [4.69, 9.17) is 4.74 Å². The number of pyridine rings is 1. The summed E-state index contributed by atoms with van der Waals surface area (Å²) in [7, 11) is 0. The monoisotopic (exact) mass is 515 g/mol. The molecular weight excluding hydrogens is 483 g/mol. The lowest BCUT2D eigenvalue weighted by molar-refractivity contribution is -0.137. The van der Waals surface area contributed by atoms with Crippen LogP contribution in [0.1, 0.15) is 46.3 Å². The summed E-state index contributed by atoms with van der Waals surface area (Å²) >= 11 is 0. The molecule has 0 bridgehead atoms. The van der Waals surface area contributed by atoms with Crippen LogP contribution in [0.5, 0.6) is 0 Å². The fourth-order valence-corrected chi connectivity index (χ4v) is 5.96. The van der Waals surface area contributed by atoms with E-state index < -0.39 is 17.6 Å². The van der Waals surface area contributed by atoms with E-state index in [0.29, 0.717) is 36.9 Å². The average Bonchev–Trinajstić information content (AvgIpc) is 3.55. The second-order valence-electron chi connectivity index (χ2n) is 10.5. The molecule has 2 fully saturated rings. The maximum Gasteiger partial charge on any atom is 0.416 e. The molecule has 9 heteroatoms. The van der Waals surface area contributed by atoms with E-state index in [2.05, 4.69) is 16.0 Å². The van der Waals surface area contributed by atoms with Gasteiger partial charge in [0.1, 0.15) is 0 Å². The fourth-order valence-electron chi connectivity index (χ4n) is 5.96. The van der Waals surface area contributed by atoms with Crippen molar-refractivity contribution in [1.82, 2.24) is 14.8 Å². The number of likely N-dealkylation sites (tertiary alicyclic amines) is 1. The van der Waals surface area contributed by atoms with Crippen molar-refractivity contribution in [3.63, 3.8) is 0 Å². The molecule has 198 valence electrons. The lowest BCUT2D eigenvalue weighted by atomic mass is 9.86. The van der Waals surface area contributed by atoms with E-state index >= 15 is 0 Å². The van der Waals surface area contributed by atoms with Crippen LogP contribution in [0.3, 0.4) is 0 Å². The van der Waals surface area contributed by atoms with E-state index in [-0.39, 0.29) is 23.8 Å². The van der Waals surface area contributed by atoms with Gasteiger partial charge >= 0.3 is 6.18 Å². The summed E-state index contributed by atoms with van der Waals surface area (Å²) in [5.74, 6) is -0.0136. The Morgan fingerprint density at radius 1 is 1.16 bits per heavy atom. The van der Waals surface area contributed by atoms with Gasteiger partial charge in [-0.15, -0.1) is 0 Å². The van der Waals surface area contributed by atoms with Gasteiger partial charge in [0, 0.05) is 56.7 Å². The number of carbonyl (C=O) groups is 2. The molecule has 0 N–H and O–H groups in total. The van der Waals surface area contributed by atoms with Crippen LogP contribution in [0.4, 0.5) is 13.2 Å². The molecule has 37 heavy (non-hydrogen) atoms. The minimum Gasteiger partial charge on any atom is -0.380 e. The Morgan fingerprint density at radius 2 is 2.00 bits per heavy atom. The van der Waals surface area contributed by atoms with Gasteiger partial charge in [-0.3, -0.25) is 19.5 Å². The number of fused-ring (bicyclic) bond motifs is 1. The van der Waals surface area contributed by atoms with Gasteiger partial charge in [-0.05, 0) is 66.8 Å². The molecule has 2 unspecified atom stereocenters. The van der Waals surface area contributed by atoms with Crippen molar-refractivity contribution >= 4 is 11.7 Å². The second kappa shape index (κ2) is 10.9. The molecule has 4 heterocycles. The van der Waals surface area contributed by atoms with Gasteiger partial charge in [0.2, 0.25) is 0 Å². The number of alkyl halides is 3. The molecule has 1 aromatic heterocycles. The first-order valence-electron chi connectivity index (χ1n) is 13.0. The number of ether oxygens (including phenoxy) is 1. The third-order valence-corrected chi connectivity index (χ3v) is 8.02. The topological polar surface area (TPSA) is 62.7 Å². The third-order valence-electron chi connectivity index (χ3n) is 8.02. The average molecular weight is 516 g/mol. The van der Waals surface area contributed by atoms with Crippen LogP contribution in [0.15, 0.2) is 42.7 Å². The highest BCUT2D eigenvalue weighted by Gasteiger charge is 2.39. The minimum atomic E-state index is -4.52. The maximum atomic E-state index is 13.2. The Hall–Kier alpha value is -2.78. The number of amides is 1. The first-order chi connectivity index (χ1) is 17.8. The number of hydrogen-bond acceptors (Lipinski definition) is 5. The van der Waals surface area contributed by atoms with Crippen LogP contribution < -0.4 is 0 Å². The van der Waals surface area contributed by atoms with E-state index in [0.717, 1.165) is 57.7 Å². The number of carbonyl (C=O) groups excluding carboxylic acids is 2. The van der Waals surface area contributed by atoms with Crippen LogP contribution in [-0.4, -0.2) is 71.9 Å². The summed E-state index contributed by atoms with van der Waals surface area (Å²) in [5.41, 5.74) is 0.982. The summed E-state index contributed by atoms with van der Waals surface area (Å²) in [4.78, 5) is 34.2. The molecule has 1 amide bonds. The molecular formula is C28H32F3N3O3. The second-order valence-corrected chi connectivity index (χ2v) is 10.5. The van der Waals surface area contributed by atoms with Gasteiger partial charge < -0.3 is 9.64 Å². The highest BCUT2D eigenvalue weighted by molar-refractivity contribution is 5.99. The van der Waals surface area contributed by atoms with Crippen LogP contribution >= 0.6 is 0 Å². The molecule has 0 radical (unpaired) electrons. The van der Waals surface area contributed by atoms with E-state index in [9.17, 15) is 22.8 Å². The SMILES string of the molecule is O=C(CC1CN(C2CCOC2)C[C@@H]1CCc1cccnc1)CN1CCc2ccc(C(F)(F)F)cc2C1=O. The molecule has 2 saturated heterocycles. The summed E-state index contributed by atoms with van der Waals surface area (Å²) in [6.45, 7) is 3.50. The van der Waals surface area contributed by atoms with Crippen molar-refractivity contribution in [2.24, 2.45) is 11.8 Å². The largest absolute Gasteiger partial charge is 0.416 e. The van der Waals surface area contributed by atoms with Gasteiger partial charge in [-0.25, -0.2) is 0 Å². The molecule has 0 saturated carbocycles. The zero-order valence-corrected chi connectivity index (χ0v) is 20.8. The number of rotatable bonds is 8. The van der Waals surface area contributed by atoms with Crippen molar-refractivity contribution in [2.75, 3.05) is 39.4 Å². The summed E-state index contributed by atoms with van der Waals surface area (Å²) < 4.78 is 45.1. The minimum absolute atomic E-state index is 0.0373. The quantitative estimate of drug-likeness (QED) is 0.532. The number of aryl methyl sites for hydroxylation is 1. The van der Waals surface area contributed by atoms with Crippen molar-refractivity contribution in [1.29, 1.82) is 0 Å². The Morgan fingerprint density at radius 3 is 2.73 bits per heavy atom. The molecule has 3 aliphatic rings. The Kier molecular flexibility index (Phi) is 7.62. The van der Waals surface area contributed by atoms with Gasteiger partial charge in [0.05, 0.1) is 18.7 Å². The summed E-state index contributed by atoms with van der Waals surface area (Å²) in [6, 6.07) is 7.68. The first-order valence-corrected chi connectivity index (χ1v) is 13.0. The summed E-state index contributed by atoms with van der Waals surface area (Å²) in [6.07, 6.45) is 2.76. The van der Waals surface area contributed by atoms with Crippen LogP contribution in [0.2, 0.25) is 0 Å². The van der Waals surface area contributed by atoms with E-state index in [1.54, 1.807) is 6.20 Å². The molecule has 5 rings (SSSR count). The van der Waals surface area contributed by atoms with Gasteiger partial charge in [-0.2, -0.15) is 13.2 Å². The Balaban J connectivity index is 1.23. The fraction of sp³-hybridized carbons (Fsp3) is 0.536. The number of Topliss-reactive ketones (excluding diaryl/α,β-unsaturated/α-hetero) is 1. The molecule has 3 atom stereocenters. The first kappa shape index (κ1) is 25.9. The van der Waals surface area contributed by atoms with Crippen molar-refractivity contribution in [3.05, 3.63) is 65.0 Å². The molecule has 0 spiro atoms. The highest BCUT2D eigenvalue weighted by atomic mass is 19.4. The van der Waals surface area contributed by atoms with Crippen LogP contribution in [0, 0.1) is 11.8 Å². The number of benzene rings is 1. The van der Waals surface area contributed by atoms with Crippen LogP contribution in [-0.2, 0) is 28.5 Å². The van der Waals surface area contributed by atoms with Crippen molar-refractivity contribution < 1.29 is 27.5 Å². The number of halogens is 3. The third kappa shape index (κ3) is 6.04. The molecule has 1 aromatic carbocycles. The Labute approximate surface area is 214 Å². The van der Waals surface area contributed by atoms with Gasteiger partial charge in [0.15, 0.2) is 5.78 Å². The van der Waals surface area contributed by atoms with Crippen molar-refractivity contribution in [3.8, 4) is 0 Å². The van der Waals surface area contributed by atoms with Crippen molar-refractivity contribution in [2.45, 2.75) is 44.3 Å². The van der Waals surface area contributed by atoms with Gasteiger partial charge in [0.25, 0.3) is 5.91 Å². The molecule has 2 aromatic rings. The molecule has 0 aliphatic carbocycles. The predicted molar refractivity (Wildman–Crippen MR) is 131 cm³/mol. The zero-order chi connectivity index (χ0) is 26.0. The molecule has 6 nitrogen and oxygen atoms in total. The number of aromatic nitrogens is 1. The van der Waals surface area contributed by atoms with Gasteiger partial charge in [-0.1, -0.05) is 12.1 Å². The molecule has 3 aliphatic heterocycles.